The zero-order chi connectivity index (χ0) is 12.1. The van der Waals surface area contributed by atoms with Crippen LogP contribution in [-0.4, -0.2) is 24.2 Å². The van der Waals surface area contributed by atoms with Gasteiger partial charge in [-0.05, 0) is 32.4 Å². The van der Waals surface area contributed by atoms with Crippen molar-refractivity contribution >= 4 is 0 Å². The van der Waals surface area contributed by atoms with E-state index >= 15 is 0 Å². The van der Waals surface area contributed by atoms with E-state index in [-0.39, 0.29) is 6.10 Å². The first-order chi connectivity index (χ1) is 8.33. The Hall–Kier alpha value is -1.60. The number of rotatable bonds is 3. The minimum atomic E-state index is 0.189. The third-order valence-corrected chi connectivity index (χ3v) is 3.21. The molecule has 2 unspecified atom stereocenters. The number of pyridine rings is 1. The number of hydrogen-bond donors (Lipinski definition) is 1. The van der Waals surface area contributed by atoms with Gasteiger partial charge < -0.3 is 10.1 Å². The Kier molecular flexibility index (Phi) is 3.94. The molecular weight excluding hydrogens is 214 g/mol. The van der Waals surface area contributed by atoms with Gasteiger partial charge in [0, 0.05) is 18.3 Å². The summed E-state index contributed by atoms with van der Waals surface area (Å²) in [6.07, 6.45) is 6.41. The molecule has 0 radical (unpaired) electrons. The van der Waals surface area contributed by atoms with Crippen LogP contribution in [0, 0.1) is 11.3 Å². The summed E-state index contributed by atoms with van der Waals surface area (Å²) < 4.78 is 5.88. The molecular formula is C13H17N3O. The molecule has 4 heteroatoms. The highest BCUT2D eigenvalue weighted by Crippen LogP contribution is 2.22. The number of nitrogens with zero attached hydrogens (tertiary/aromatic N) is 2. The summed E-state index contributed by atoms with van der Waals surface area (Å²) in [5.41, 5.74) is 0.561. The van der Waals surface area contributed by atoms with E-state index in [2.05, 4.69) is 10.3 Å². The lowest BCUT2D eigenvalue weighted by Crippen LogP contribution is -2.43. The molecule has 17 heavy (non-hydrogen) atoms. The number of nitriles is 1. The Morgan fingerprint density at radius 2 is 2.24 bits per heavy atom. The molecule has 4 nitrogen and oxygen atoms in total. The molecule has 0 saturated heterocycles. The van der Waals surface area contributed by atoms with Crippen LogP contribution < -0.4 is 10.1 Å². The molecule has 90 valence electrons. The topological polar surface area (TPSA) is 57.9 Å². The summed E-state index contributed by atoms with van der Waals surface area (Å²) in [5.74, 6) is 0.608. The van der Waals surface area contributed by atoms with Gasteiger partial charge in [0.1, 0.15) is 12.2 Å². The SMILES string of the molecule is CNC1CCCCC1Oc1ccc(C#N)cn1. The molecule has 1 aliphatic carbocycles. The second-order valence-corrected chi connectivity index (χ2v) is 4.33. The Morgan fingerprint density at radius 1 is 1.41 bits per heavy atom. The maximum absolute atomic E-state index is 8.69. The first-order valence-electron chi connectivity index (χ1n) is 6.03. The largest absolute Gasteiger partial charge is 0.473 e. The van der Waals surface area contributed by atoms with Crippen LogP contribution in [0.3, 0.4) is 0 Å². The van der Waals surface area contributed by atoms with Crippen molar-refractivity contribution in [2.75, 3.05) is 7.05 Å². The van der Waals surface area contributed by atoms with Gasteiger partial charge in [0.15, 0.2) is 0 Å². The maximum Gasteiger partial charge on any atom is 0.213 e. The Bertz CT molecular complexity index is 396. The van der Waals surface area contributed by atoms with Gasteiger partial charge in [0.05, 0.1) is 5.56 Å². The Balaban J connectivity index is 2.01. The van der Waals surface area contributed by atoms with Gasteiger partial charge in [-0.1, -0.05) is 6.42 Å². The minimum Gasteiger partial charge on any atom is -0.473 e. The lowest BCUT2D eigenvalue weighted by molar-refractivity contribution is 0.113. The average molecular weight is 231 g/mol. The number of likely N-dealkylation sites (N-methyl/N-ethyl adjacent to an activating group) is 1. The lowest BCUT2D eigenvalue weighted by atomic mass is 9.92. The second kappa shape index (κ2) is 5.65. The minimum absolute atomic E-state index is 0.189. The van der Waals surface area contributed by atoms with Crippen LogP contribution in [0.15, 0.2) is 18.3 Å². The van der Waals surface area contributed by atoms with Crippen molar-refractivity contribution in [1.82, 2.24) is 10.3 Å². The molecule has 1 fully saturated rings. The van der Waals surface area contributed by atoms with E-state index in [1.54, 1.807) is 18.3 Å². The molecule has 2 atom stereocenters. The quantitative estimate of drug-likeness (QED) is 0.862. The van der Waals surface area contributed by atoms with Crippen LogP contribution >= 0.6 is 0 Å². The highest BCUT2D eigenvalue weighted by molar-refractivity contribution is 5.28. The van der Waals surface area contributed by atoms with Crippen LogP contribution in [0.1, 0.15) is 31.2 Å². The van der Waals surface area contributed by atoms with Gasteiger partial charge in [0.25, 0.3) is 0 Å². The fourth-order valence-corrected chi connectivity index (χ4v) is 2.24. The van der Waals surface area contributed by atoms with Crippen LogP contribution in [0.25, 0.3) is 0 Å². The normalized spacial score (nSPS) is 24.0. The molecule has 1 aromatic heterocycles. The first-order valence-corrected chi connectivity index (χ1v) is 6.03. The van der Waals surface area contributed by atoms with Crippen molar-refractivity contribution in [3.8, 4) is 11.9 Å². The smallest absolute Gasteiger partial charge is 0.213 e. The van der Waals surface area contributed by atoms with Crippen LogP contribution in [-0.2, 0) is 0 Å². The van der Waals surface area contributed by atoms with Crippen molar-refractivity contribution in [2.45, 2.75) is 37.8 Å². The molecule has 1 aromatic rings. The first kappa shape index (κ1) is 11.9. The zero-order valence-electron chi connectivity index (χ0n) is 10.0. The number of hydrogen-bond acceptors (Lipinski definition) is 4. The summed E-state index contributed by atoms with van der Waals surface area (Å²) >= 11 is 0. The summed E-state index contributed by atoms with van der Waals surface area (Å²) in [6, 6.07) is 5.95. The van der Waals surface area contributed by atoms with E-state index in [4.69, 9.17) is 10.00 Å². The average Bonchev–Trinajstić information content (AvgIpc) is 2.40. The number of aromatic nitrogens is 1. The number of nitrogens with one attached hydrogen (secondary N) is 1. The van der Waals surface area contributed by atoms with Gasteiger partial charge in [-0.2, -0.15) is 5.26 Å². The Morgan fingerprint density at radius 3 is 2.88 bits per heavy atom. The third-order valence-electron chi connectivity index (χ3n) is 3.21. The van der Waals surface area contributed by atoms with Gasteiger partial charge in [-0.3, -0.25) is 0 Å². The predicted octanol–water partition coefficient (Wildman–Crippen LogP) is 1.86. The summed E-state index contributed by atoms with van der Waals surface area (Å²) in [4.78, 5) is 4.14. The van der Waals surface area contributed by atoms with Gasteiger partial charge in [-0.25, -0.2) is 4.98 Å². The Labute approximate surface area is 102 Å². The number of ether oxygens (including phenoxy) is 1. The second-order valence-electron chi connectivity index (χ2n) is 4.33. The van der Waals surface area contributed by atoms with Crippen LogP contribution in [0.5, 0.6) is 5.88 Å². The predicted molar refractivity (Wildman–Crippen MR) is 64.7 cm³/mol. The molecule has 0 amide bonds. The molecule has 0 spiro atoms. The fourth-order valence-electron chi connectivity index (χ4n) is 2.24. The fraction of sp³-hybridized carbons (Fsp3) is 0.538. The maximum atomic E-state index is 8.69. The van der Waals surface area contributed by atoms with E-state index in [9.17, 15) is 0 Å². The lowest BCUT2D eigenvalue weighted by Gasteiger charge is -2.31. The van der Waals surface area contributed by atoms with Crippen molar-refractivity contribution in [3.63, 3.8) is 0 Å². The molecule has 1 N–H and O–H groups in total. The molecule has 0 aliphatic heterocycles. The summed E-state index contributed by atoms with van der Waals surface area (Å²) in [6.45, 7) is 0. The van der Waals surface area contributed by atoms with E-state index in [0.29, 0.717) is 17.5 Å². The van der Waals surface area contributed by atoms with E-state index in [0.717, 1.165) is 12.8 Å². The molecule has 1 saturated carbocycles. The summed E-state index contributed by atoms with van der Waals surface area (Å²) in [5, 5.41) is 12.0. The van der Waals surface area contributed by atoms with Gasteiger partial charge in [-0.15, -0.1) is 0 Å². The van der Waals surface area contributed by atoms with Crippen molar-refractivity contribution in [1.29, 1.82) is 5.26 Å². The van der Waals surface area contributed by atoms with Gasteiger partial charge in [0.2, 0.25) is 5.88 Å². The van der Waals surface area contributed by atoms with Crippen LogP contribution in [0.2, 0.25) is 0 Å². The van der Waals surface area contributed by atoms with E-state index in [1.807, 2.05) is 13.1 Å². The standard InChI is InChI=1S/C13H17N3O/c1-15-11-4-2-3-5-12(11)17-13-7-6-10(8-14)9-16-13/h6-7,9,11-12,15H,2-5H2,1H3. The summed E-state index contributed by atoms with van der Waals surface area (Å²) in [7, 11) is 1.97. The van der Waals surface area contributed by atoms with Gasteiger partial charge >= 0.3 is 0 Å². The molecule has 0 aromatic carbocycles. The molecule has 1 aliphatic rings. The zero-order valence-corrected chi connectivity index (χ0v) is 10.0. The van der Waals surface area contributed by atoms with Crippen LogP contribution in [0.4, 0.5) is 0 Å². The molecule has 1 heterocycles. The van der Waals surface area contributed by atoms with E-state index in [1.165, 1.54) is 12.8 Å². The molecule has 0 bridgehead atoms. The van der Waals surface area contributed by atoms with Crippen molar-refractivity contribution < 1.29 is 4.74 Å². The third kappa shape index (κ3) is 2.95. The van der Waals surface area contributed by atoms with Crippen molar-refractivity contribution in [2.24, 2.45) is 0 Å². The highest BCUT2D eigenvalue weighted by atomic mass is 16.5. The van der Waals surface area contributed by atoms with Crippen molar-refractivity contribution in [3.05, 3.63) is 23.9 Å². The highest BCUT2D eigenvalue weighted by Gasteiger charge is 2.25. The molecule has 2 rings (SSSR count). The van der Waals surface area contributed by atoms with E-state index < -0.39 is 0 Å². The monoisotopic (exact) mass is 231 g/mol.